The van der Waals surface area contributed by atoms with Crippen molar-refractivity contribution >= 4 is 29.9 Å². The molecule has 162 valence electrons. The van der Waals surface area contributed by atoms with E-state index in [0.29, 0.717) is 0 Å². The zero-order valence-electron chi connectivity index (χ0n) is 18.9. The summed E-state index contributed by atoms with van der Waals surface area (Å²) in [5.74, 6) is 0.822. The Morgan fingerprint density at radius 1 is 1.28 bits per heavy atom. The molecular formula is C22H37IN6. The number of hydrogen-bond donors (Lipinski definition) is 2. The number of benzene rings is 1. The van der Waals surface area contributed by atoms with Crippen molar-refractivity contribution in [3.63, 3.8) is 0 Å². The van der Waals surface area contributed by atoms with Gasteiger partial charge < -0.3 is 15.5 Å². The molecule has 29 heavy (non-hydrogen) atoms. The van der Waals surface area contributed by atoms with Crippen LogP contribution >= 0.6 is 24.0 Å². The second kappa shape index (κ2) is 12.2. The smallest absolute Gasteiger partial charge is 0.191 e. The van der Waals surface area contributed by atoms with Gasteiger partial charge in [0.05, 0.1) is 5.69 Å². The molecule has 0 radical (unpaired) electrons. The van der Waals surface area contributed by atoms with Crippen LogP contribution < -0.4 is 10.6 Å². The highest BCUT2D eigenvalue weighted by Crippen LogP contribution is 2.14. The number of halogens is 1. The maximum atomic E-state index is 4.51. The fourth-order valence-electron chi connectivity index (χ4n) is 3.35. The van der Waals surface area contributed by atoms with Gasteiger partial charge in [0.1, 0.15) is 0 Å². The molecule has 2 rings (SSSR count). The van der Waals surface area contributed by atoms with E-state index in [1.54, 1.807) is 0 Å². The normalized spacial score (nSPS) is 12.6. The first-order valence-electron chi connectivity index (χ1n) is 10.1. The van der Waals surface area contributed by atoms with E-state index in [-0.39, 0.29) is 30.0 Å². The van der Waals surface area contributed by atoms with E-state index in [2.05, 4.69) is 84.6 Å². The van der Waals surface area contributed by atoms with Crippen molar-refractivity contribution in [3.05, 3.63) is 52.3 Å². The van der Waals surface area contributed by atoms with Gasteiger partial charge in [-0.15, -0.1) is 24.0 Å². The minimum absolute atomic E-state index is 0. The molecule has 1 atom stereocenters. The maximum Gasteiger partial charge on any atom is 0.191 e. The summed E-state index contributed by atoms with van der Waals surface area (Å²) in [6.07, 6.45) is 0.922. The van der Waals surface area contributed by atoms with Gasteiger partial charge in [-0.25, -0.2) is 0 Å². The van der Waals surface area contributed by atoms with Gasteiger partial charge in [0, 0.05) is 38.9 Å². The number of rotatable bonds is 8. The van der Waals surface area contributed by atoms with Gasteiger partial charge in [-0.3, -0.25) is 9.67 Å². The Morgan fingerprint density at radius 2 is 1.97 bits per heavy atom. The lowest BCUT2D eigenvalue weighted by Crippen LogP contribution is -2.42. The van der Waals surface area contributed by atoms with Crippen molar-refractivity contribution in [2.24, 2.45) is 12.0 Å². The van der Waals surface area contributed by atoms with E-state index >= 15 is 0 Å². The molecular weight excluding hydrogens is 475 g/mol. The number of aromatic nitrogens is 2. The van der Waals surface area contributed by atoms with Crippen molar-refractivity contribution in [2.45, 2.75) is 53.2 Å². The molecule has 0 bridgehead atoms. The van der Waals surface area contributed by atoms with E-state index < -0.39 is 0 Å². The number of nitrogens with one attached hydrogen (secondary N) is 2. The van der Waals surface area contributed by atoms with Crippen LogP contribution in [-0.4, -0.2) is 47.3 Å². The molecule has 0 saturated carbocycles. The molecule has 0 aliphatic heterocycles. The van der Waals surface area contributed by atoms with Gasteiger partial charge in [0.2, 0.25) is 0 Å². The second-order valence-electron chi connectivity index (χ2n) is 7.60. The number of aryl methyl sites for hydroxylation is 2. The molecule has 7 heteroatoms. The van der Waals surface area contributed by atoms with E-state index in [1.165, 1.54) is 22.4 Å². The fourth-order valence-corrected chi connectivity index (χ4v) is 3.35. The van der Waals surface area contributed by atoms with Crippen LogP contribution in [0.25, 0.3) is 0 Å². The van der Waals surface area contributed by atoms with Crippen LogP contribution in [0.15, 0.2) is 29.3 Å². The molecule has 1 aromatic heterocycles. The zero-order chi connectivity index (χ0) is 20.7. The third-order valence-corrected chi connectivity index (χ3v) is 5.22. The summed E-state index contributed by atoms with van der Waals surface area (Å²) in [6.45, 7) is 11.3. The van der Waals surface area contributed by atoms with Crippen LogP contribution in [0.4, 0.5) is 0 Å². The Morgan fingerprint density at radius 3 is 2.55 bits per heavy atom. The summed E-state index contributed by atoms with van der Waals surface area (Å²) in [7, 11) is 5.95. The van der Waals surface area contributed by atoms with E-state index in [9.17, 15) is 0 Å². The lowest BCUT2D eigenvalue weighted by Gasteiger charge is -2.19. The Balaban J connectivity index is 0.00000420. The highest BCUT2D eigenvalue weighted by atomic mass is 127. The molecule has 0 aliphatic carbocycles. The summed E-state index contributed by atoms with van der Waals surface area (Å²) < 4.78 is 1.95. The van der Waals surface area contributed by atoms with Gasteiger partial charge in [0.25, 0.3) is 0 Å². The molecule has 1 aromatic carbocycles. The third-order valence-electron chi connectivity index (χ3n) is 5.22. The lowest BCUT2D eigenvalue weighted by atomic mass is 10.1. The quantitative estimate of drug-likeness (QED) is 0.324. The molecule has 6 nitrogen and oxygen atoms in total. The number of nitrogens with zero attached hydrogens (tertiary/aromatic N) is 4. The van der Waals surface area contributed by atoms with Crippen molar-refractivity contribution < 1.29 is 0 Å². The van der Waals surface area contributed by atoms with Gasteiger partial charge in [-0.05, 0) is 57.5 Å². The molecule has 0 amide bonds. The second-order valence-corrected chi connectivity index (χ2v) is 7.60. The Bertz CT molecular complexity index is 799. The van der Waals surface area contributed by atoms with Gasteiger partial charge in [0.15, 0.2) is 5.96 Å². The Hall–Kier alpha value is -1.61. The van der Waals surface area contributed by atoms with Gasteiger partial charge in [-0.2, -0.15) is 5.10 Å². The maximum absolute atomic E-state index is 4.51. The van der Waals surface area contributed by atoms with Crippen molar-refractivity contribution in [3.8, 4) is 0 Å². The fraction of sp³-hybridized carbons (Fsp3) is 0.545. The molecule has 0 aliphatic rings. The van der Waals surface area contributed by atoms with Crippen molar-refractivity contribution in [1.29, 1.82) is 0 Å². The van der Waals surface area contributed by atoms with Crippen LogP contribution in [0.3, 0.4) is 0 Å². The topological polar surface area (TPSA) is 57.5 Å². The molecule has 0 spiro atoms. The minimum Gasteiger partial charge on any atom is -0.354 e. The van der Waals surface area contributed by atoms with E-state index in [1.807, 2.05) is 18.8 Å². The molecule has 1 heterocycles. The average molecular weight is 512 g/mol. The highest BCUT2D eigenvalue weighted by molar-refractivity contribution is 14.0. The largest absolute Gasteiger partial charge is 0.354 e. The minimum atomic E-state index is 0. The van der Waals surface area contributed by atoms with Crippen LogP contribution in [0.1, 0.15) is 41.9 Å². The Labute approximate surface area is 193 Å². The molecule has 0 saturated heterocycles. The van der Waals surface area contributed by atoms with Crippen molar-refractivity contribution in [1.82, 2.24) is 25.3 Å². The molecule has 2 N–H and O–H groups in total. The standard InChI is InChI=1S/C22H36N6.HI/c1-8-27(6)15-20-11-9-10-19(13-20)14-24-22(23-5)25-16(2)12-21-17(3)26-28(7)18(21)4;/h9-11,13,16H,8,12,14-15H2,1-7H3,(H2,23,24,25);1H. The molecule has 1 unspecified atom stereocenters. The van der Waals surface area contributed by atoms with E-state index in [4.69, 9.17) is 0 Å². The first-order chi connectivity index (χ1) is 13.3. The first-order valence-corrected chi connectivity index (χ1v) is 10.1. The Kier molecular flexibility index (Phi) is 10.7. The summed E-state index contributed by atoms with van der Waals surface area (Å²) >= 11 is 0. The average Bonchev–Trinajstić information content (AvgIpc) is 2.91. The first kappa shape index (κ1) is 25.4. The highest BCUT2D eigenvalue weighted by Gasteiger charge is 2.14. The zero-order valence-corrected chi connectivity index (χ0v) is 21.2. The number of aliphatic imine (C=N–C) groups is 1. The van der Waals surface area contributed by atoms with Gasteiger partial charge >= 0.3 is 0 Å². The van der Waals surface area contributed by atoms with Crippen LogP contribution in [0.5, 0.6) is 0 Å². The number of hydrogen-bond acceptors (Lipinski definition) is 3. The summed E-state index contributed by atoms with van der Waals surface area (Å²) in [5.41, 5.74) is 6.23. The third kappa shape index (κ3) is 7.62. The lowest BCUT2D eigenvalue weighted by molar-refractivity contribution is 0.345. The molecule has 0 fully saturated rings. The number of guanidine groups is 1. The predicted octanol–water partition coefficient (Wildman–Crippen LogP) is 3.40. The van der Waals surface area contributed by atoms with Crippen LogP contribution in [0.2, 0.25) is 0 Å². The molecule has 2 aromatic rings. The summed E-state index contributed by atoms with van der Waals surface area (Å²) in [6, 6.07) is 8.99. The summed E-state index contributed by atoms with van der Waals surface area (Å²) in [5, 5.41) is 11.4. The van der Waals surface area contributed by atoms with E-state index in [0.717, 1.165) is 37.7 Å². The SMILES string of the molecule is CCN(C)Cc1cccc(CNC(=NC)NC(C)Cc2c(C)nn(C)c2C)c1.I. The van der Waals surface area contributed by atoms with Crippen LogP contribution in [-0.2, 0) is 26.6 Å². The predicted molar refractivity (Wildman–Crippen MR) is 133 cm³/mol. The van der Waals surface area contributed by atoms with Crippen LogP contribution in [0, 0.1) is 13.8 Å². The summed E-state index contributed by atoms with van der Waals surface area (Å²) in [4.78, 5) is 6.69. The monoisotopic (exact) mass is 512 g/mol. The van der Waals surface area contributed by atoms with Gasteiger partial charge in [-0.1, -0.05) is 31.2 Å². The van der Waals surface area contributed by atoms with Crippen molar-refractivity contribution in [2.75, 3.05) is 20.6 Å².